The number of nitrogens with zero attached hydrogens (tertiary/aromatic N) is 4. The molecule has 128 valence electrons. The van der Waals surface area contributed by atoms with Gasteiger partial charge >= 0.3 is 6.03 Å². The summed E-state index contributed by atoms with van der Waals surface area (Å²) in [6.07, 6.45) is 9.61. The third-order valence-electron chi connectivity index (χ3n) is 4.11. The Morgan fingerprint density at radius 3 is 2.92 bits per heavy atom. The van der Waals surface area contributed by atoms with E-state index in [9.17, 15) is 4.79 Å². The van der Waals surface area contributed by atoms with Crippen molar-refractivity contribution in [1.29, 1.82) is 0 Å². The van der Waals surface area contributed by atoms with Gasteiger partial charge in [-0.3, -0.25) is 0 Å². The van der Waals surface area contributed by atoms with Gasteiger partial charge in [0.15, 0.2) is 0 Å². The highest BCUT2D eigenvalue weighted by Crippen LogP contribution is 2.18. The topological polar surface area (TPSA) is 75.1 Å². The van der Waals surface area contributed by atoms with E-state index >= 15 is 0 Å². The average Bonchev–Trinajstić information content (AvgIpc) is 3.26. The number of urea groups is 1. The number of amides is 2. The third kappa shape index (κ3) is 4.47. The van der Waals surface area contributed by atoms with Gasteiger partial charge in [-0.15, -0.1) is 0 Å². The number of rotatable bonds is 6. The lowest BCUT2D eigenvalue weighted by Gasteiger charge is -2.17. The highest BCUT2D eigenvalue weighted by molar-refractivity contribution is 5.74. The van der Waals surface area contributed by atoms with E-state index in [1.54, 1.807) is 12.5 Å². The molecule has 3 rings (SSSR count). The van der Waals surface area contributed by atoms with E-state index < -0.39 is 0 Å². The van der Waals surface area contributed by atoms with Gasteiger partial charge in [-0.25, -0.2) is 14.8 Å². The summed E-state index contributed by atoms with van der Waals surface area (Å²) in [5.41, 5.74) is 1.06. The van der Waals surface area contributed by atoms with Crippen molar-refractivity contribution in [2.75, 3.05) is 18.0 Å². The molecular weight excluding hydrogens is 304 g/mol. The second-order valence-corrected chi connectivity index (χ2v) is 6.20. The Kier molecular flexibility index (Phi) is 5.30. The van der Waals surface area contributed by atoms with Crippen LogP contribution in [0, 0.1) is 0 Å². The molecule has 0 bridgehead atoms. The van der Waals surface area contributed by atoms with Crippen LogP contribution < -0.4 is 15.5 Å². The van der Waals surface area contributed by atoms with Crippen molar-refractivity contribution in [3.8, 4) is 0 Å². The Morgan fingerprint density at radius 2 is 2.17 bits per heavy atom. The first-order valence-electron chi connectivity index (χ1n) is 8.41. The molecule has 1 fully saturated rings. The number of pyridine rings is 1. The van der Waals surface area contributed by atoms with Crippen LogP contribution in [0.4, 0.5) is 10.6 Å². The van der Waals surface area contributed by atoms with E-state index in [0.29, 0.717) is 13.1 Å². The predicted molar refractivity (Wildman–Crippen MR) is 92.7 cm³/mol. The molecule has 0 unspecified atom stereocenters. The minimum Gasteiger partial charge on any atom is -0.357 e. The molecule has 2 aromatic rings. The van der Waals surface area contributed by atoms with Crippen molar-refractivity contribution in [2.45, 2.75) is 38.9 Å². The van der Waals surface area contributed by atoms with Gasteiger partial charge in [-0.05, 0) is 37.5 Å². The van der Waals surface area contributed by atoms with Gasteiger partial charge in [-0.1, -0.05) is 0 Å². The van der Waals surface area contributed by atoms with Gasteiger partial charge in [0, 0.05) is 50.8 Å². The zero-order chi connectivity index (χ0) is 16.8. The largest absolute Gasteiger partial charge is 0.357 e. The molecule has 1 saturated heterocycles. The van der Waals surface area contributed by atoms with E-state index in [0.717, 1.165) is 24.5 Å². The zero-order valence-electron chi connectivity index (χ0n) is 14.0. The van der Waals surface area contributed by atoms with Gasteiger partial charge < -0.3 is 20.1 Å². The molecule has 1 aliphatic rings. The van der Waals surface area contributed by atoms with E-state index in [4.69, 9.17) is 0 Å². The fraction of sp³-hybridized carbons (Fsp3) is 0.471. The Morgan fingerprint density at radius 1 is 1.33 bits per heavy atom. The highest BCUT2D eigenvalue weighted by atomic mass is 16.2. The van der Waals surface area contributed by atoms with Gasteiger partial charge in [0.25, 0.3) is 0 Å². The number of hydrogen-bond acceptors (Lipinski definition) is 4. The van der Waals surface area contributed by atoms with Crippen LogP contribution in [0.3, 0.4) is 0 Å². The van der Waals surface area contributed by atoms with Gasteiger partial charge in [0.1, 0.15) is 5.82 Å². The molecule has 24 heavy (non-hydrogen) atoms. The summed E-state index contributed by atoms with van der Waals surface area (Å²) < 4.78 is 1.94. The summed E-state index contributed by atoms with van der Waals surface area (Å²) in [6, 6.07) is 3.86. The minimum atomic E-state index is -0.165. The molecule has 7 nitrogen and oxygen atoms in total. The lowest BCUT2D eigenvalue weighted by Crippen LogP contribution is -2.42. The molecular formula is C17H24N6O. The number of aromatic nitrogens is 3. The Balaban J connectivity index is 1.46. The van der Waals surface area contributed by atoms with E-state index in [1.165, 1.54) is 12.8 Å². The summed E-state index contributed by atoms with van der Waals surface area (Å²) >= 11 is 0. The molecule has 1 atom stereocenters. The van der Waals surface area contributed by atoms with Crippen LogP contribution in [0.2, 0.25) is 0 Å². The van der Waals surface area contributed by atoms with Gasteiger partial charge in [-0.2, -0.15) is 0 Å². The SMILES string of the molecule is C[C@@H](Cn1ccnc1)NC(=O)NCc1ccnc(N2CCCC2)c1. The van der Waals surface area contributed by atoms with Crippen LogP contribution >= 0.6 is 0 Å². The smallest absolute Gasteiger partial charge is 0.315 e. The Labute approximate surface area is 142 Å². The summed E-state index contributed by atoms with van der Waals surface area (Å²) in [5.74, 6) is 1.00. The van der Waals surface area contributed by atoms with E-state index in [1.807, 2.05) is 30.0 Å². The van der Waals surface area contributed by atoms with Gasteiger partial charge in [0.2, 0.25) is 0 Å². The second kappa shape index (κ2) is 7.81. The molecule has 2 N–H and O–H groups in total. The molecule has 0 saturated carbocycles. The Bertz CT molecular complexity index is 651. The highest BCUT2D eigenvalue weighted by Gasteiger charge is 2.14. The fourth-order valence-corrected chi connectivity index (χ4v) is 2.90. The van der Waals surface area contributed by atoms with Crippen LogP contribution in [0.1, 0.15) is 25.3 Å². The minimum absolute atomic E-state index is 0.0248. The molecule has 3 heterocycles. The number of anilines is 1. The van der Waals surface area contributed by atoms with Crippen LogP contribution in [0.5, 0.6) is 0 Å². The van der Waals surface area contributed by atoms with Crippen molar-refractivity contribution in [1.82, 2.24) is 25.2 Å². The second-order valence-electron chi connectivity index (χ2n) is 6.20. The predicted octanol–water partition coefficient (Wildman–Crippen LogP) is 1.77. The van der Waals surface area contributed by atoms with E-state index in [2.05, 4.69) is 31.6 Å². The van der Waals surface area contributed by atoms with Crippen LogP contribution in [-0.2, 0) is 13.1 Å². The van der Waals surface area contributed by atoms with Crippen molar-refractivity contribution in [2.24, 2.45) is 0 Å². The maximum Gasteiger partial charge on any atom is 0.315 e. The monoisotopic (exact) mass is 328 g/mol. The third-order valence-corrected chi connectivity index (χ3v) is 4.11. The fourth-order valence-electron chi connectivity index (χ4n) is 2.90. The van der Waals surface area contributed by atoms with Crippen molar-refractivity contribution in [3.63, 3.8) is 0 Å². The lowest BCUT2D eigenvalue weighted by molar-refractivity contribution is 0.236. The van der Waals surface area contributed by atoms with E-state index in [-0.39, 0.29) is 12.1 Å². The number of hydrogen-bond donors (Lipinski definition) is 2. The summed E-state index contributed by atoms with van der Waals surface area (Å²) in [7, 11) is 0. The number of nitrogens with one attached hydrogen (secondary N) is 2. The van der Waals surface area contributed by atoms with Crippen molar-refractivity contribution < 1.29 is 4.79 Å². The summed E-state index contributed by atoms with van der Waals surface area (Å²) in [5, 5.41) is 5.84. The quantitative estimate of drug-likeness (QED) is 0.847. The molecule has 0 spiro atoms. The molecule has 7 heteroatoms. The van der Waals surface area contributed by atoms with Crippen LogP contribution in [0.25, 0.3) is 0 Å². The summed E-state index contributed by atoms with van der Waals surface area (Å²) in [6.45, 7) is 5.29. The normalized spacial score (nSPS) is 15.3. The standard InChI is InChI=1S/C17H24N6O/c1-14(12-22-9-6-18-13-22)21-17(24)20-11-15-4-5-19-16(10-15)23-7-2-3-8-23/h4-6,9-10,13-14H,2-3,7-8,11-12H2,1H3,(H2,20,21,24)/t14-/m0/s1. The summed E-state index contributed by atoms with van der Waals surface area (Å²) in [4.78, 5) is 22.7. The molecule has 0 aliphatic carbocycles. The maximum absolute atomic E-state index is 12.0. The first-order chi connectivity index (χ1) is 11.7. The molecule has 0 aromatic carbocycles. The van der Waals surface area contributed by atoms with Crippen molar-refractivity contribution in [3.05, 3.63) is 42.6 Å². The van der Waals surface area contributed by atoms with Gasteiger partial charge in [0.05, 0.1) is 6.33 Å². The zero-order valence-corrected chi connectivity index (χ0v) is 14.0. The number of carbonyl (C=O) groups excluding carboxylic acids is 1. The first-order valence-corrected chi connectivity index (χ1v) is 8.41. The van der Waals surface area contributed by atoms with Crippen LogP contribution in [-0.4, -0.2) is 39.7 Å². The number of carbonyl (C=O) groups is 1. The average molecular weight is 328 g/mol. The molecule has 0 radical (unpaired) electrons. The number of imidazole rings is 1. The van der Waals surface area contributed by atoms with Crippen molar-refractivity contribution >= 4 is 11.8 Å². The maximum atomic E-state index is 12.0. The molecule has 2 aromatic heterocycles. The molecule has 1 aliphatic heterocycles. The molecule has 2 amide bonds. The lowest BCUT2D eigenvalue weighted by atomic mass is 10.2. The van der Waals surface area contributed by atoms with Crippen LogP contribution in [0.15, 0.2) is 37.1 Å². The Hall–Kier alpha value is -2.57. The first kappa shape index (κ1) is 16.3.